The SMILES string of the molecule is C=Cc1ccccc1-c1ccn(C)c1C#N. The molecule has 0 atom stereocenters. The molecule has 0 aliphatic rings. The van der Waals surface area contributed by atoms with E-state index < -0.39 is 0 Å². The summed E-state index contributed by atoms with van der Waals surface area (Å²) >= 11 is 0. The maximum Gasteiger partial charge on any atom is 0.127 e. The fourth-order valence-electron chi connectivity index (χ4n) is 1.81. The number of nitriles is 1. The van der Waals surface area contributed by atoms with Crippen molar-refractivity contribution in [3.05, 3.63) is 54.4 Å². The summed E-state index contributed by atoms with van der Waals surface area (Å²) in [5.74, 6) is 0. The lowest BCUT2D eigenvalue weighted by Crippen LogP contribution is -1.91. The van der Waals surface area contributed by atoms with Gasteiger partial charge in [0.05, 0.1) is 0 Å². The predicted molar refractivity (Wildman–Crippen MR) is 65.7 cm³/mol. The molecular formula is C14H12N2. The Hall–Kier alpha value is -2.27. The van der Waals surface area contributed by atoms with Crippen molar-refractivity contribution in [2.24, 2.45) is 7.05 Å². The van der Waals surface area contributed by atoms with Crippen molar-refractivity contribution in [2.45, 2.75) is 0 Å². The Morgan fingerprint density at radius 3 is 2.69 bits per heavy atom. The molecule has 0 saturated carbocycles. The van der Waals surface area contributed by atoms with E-state index in [0.717, 1.165) is 16.7 Å². The van der Waals surface area contributed by atoms with Crippen molar-refractivity contribution in [1.29, 1.82) is 5.26 Å². The van der Waals surface area contributed by atoms with Crippen LogP contribution in [-0.4, -0.2) is 4.57 Å². The molecule has 1 aromatic heterocycles. The van der Waals surface area contributed by atoms with Gasteiger partial charge < -0.3 is 4.57 Å². The first-order valence-electron chi connectivity index (χ1n) is 5.05. The lowest BCUT2D eigenvalue weighted by molar-refractivity contribution is 0.909. The quantitative estimate of drug-likeness (QED) is 0.745. The average molecular weight is 208 g/mol. The van der Waals surface area contributed by atoms with Crippen LogP contribution < -0.4 is 0 Å². The van der Waals surface area contributed by atoms with Crippen LogP contribution >= 0.6 is 0 Å². The van der Waals surface area contributed by atoms with Gasteiger partial charge in [-0.1, -0.05) is 36.9 Å². The average Bonchev–Trinajstić information content (AvgIpc) is 2.70. The van der Waals surface area contributed by atoms with Gasteiger partial charge in [0.1, 0.15) is 11.8 Å². The van der Waals surface area contributed by atoms with Crippen LogP contribution in [0.2, 0.25) is 0 Å². The molecule has 0 saturated heterocycles. The van der Waals surface area contributed by atoms with Crippen molar-refractivity contribution in [3.63, 3.8) is 0 Å². The van der Waals surface area contributed by atoms with Crippen LogP contribution in [0.15, 0.2) is 43.1 Å². The van der Waals surface area contributed by atoms with Crippen LogP contribution in [0.5, 0.6) is 0 Å². The summed E-state index contributed by atoms with van der Waals surface area (Å²) in [6.45, 7) is 3.79. The van der Waals surface area contributed by atoms with Gasteiger partial charge in [-0.25, -0.2) is 0 Å². The van der Waals surface area contributed by atoms with Gasteiger partial charge in [-0.3, -0.25) is 0 Å². The smallest absolute Gasteiger partial charge is 0.127 e. The third-order valence-electron chi connectivity index (χ3n) is 2.65. The van der Waals surface area contributed by atoms with E-state index in [1.807, 2.05) is 54.2 Å². The Morgan fingerprint density at radius 1 is 1.25 bits per heavy atom. The van der Waals surface area contributed by atoms with Gasteiger partial charge in [0.25, 0.3) is 0 Å². The Morgan fingerprint density at radius 2 is 2.00 bits per heavy atom. The Balaban J connectivity index is 2.68. The highest BCUT2D eigenvalue weighted by molar-refractivity contribution is 5.78. The fraction of sp³-hybridized carbons (Fsp3) is 0.0714. The van der Waals surface area contributed by atoms with Gasteiger partial charge in [0.15, 0.2) is 0 Å². The molecule has 78 valence electrons. The molecule has 0 aliphatic carbocycles. The molecule has 1 heterocycles. The van der Waals surface area contributed by atoms with E-state index in [1.165, 1.54) is 0 Å². The lowest BCUT2D eigenvalue weighted by atomic mass is 10.0. The number of hydrogen-bond acceptors (Lipinski definition) is 1. The summed E-state index contributed by atoms with van der Waals surface area (Å²) in [6, 6.07) is 12.1. The van der Waals surface area contributed by atoms with Crippen LogP contribution in [-0.2, 0) is 7.05 Å². The summed E-state index contributed by atoms with van der Waals surface area (Å²) in [4.78, 5) is 0. The number of hydrogen-bond donors (Lipinski definition) is 0. The number of rotatable bonds is 2. The molecule has 1 aromatic carbocycles. The van der Waals surface area contributed by atoms with Crippen molar-refractivity contribution >= 4 is 6.08 Å². The molecule has 0 aliphatic heterocycles. The number of aromatic nitrogens is 1. The second kappa shape index (κ2) is 4.08. The molecule has 16 heavy (non-hydrogen) atoms. The minimum Gasteiger partial charge on any atom is -0.342 e. The molecule has 0 unspecified atom stereocenters. The van der Waals surface area contributed by atoms with E-state index in [4.69, 9.17) is 5.26 Å². The molecule has 0 spiro atoms. The second-order valence-corrected chi connectivity index (χ2v) is 3.59. The molecule has 2 heteroatoms. The minimum absolute atomic E-state index is 0.675. The first-order valence-corrected chi connectivity index (χ1v) is 5.05. The molecule has 0 radical (unpaired) electrons. The maximum atomic E-state index is 9.12. The summed E-state index contributed by atoms with van der Waals surface area (Å²) in [7, 11) is 1.87. The first kappa shape index (κ1) is 10.3. The summed E-state index contributed by atoms with van der Waals surface area (Å²) in [6.07, 6.45) is 3.71. The van der Waals surface area contributed by atoms with E-state index in [1.54, 1.807) is 0 Å². The number of nitrogens with zero attached hydrogens (tertiary/aromatic N) is 2. The zero-order valence-electron chi connectivity index (χ0n) is 9.14. The molecule has 0 amide bonds. The van der Waals surface area contributed by atoms with Gasteiger partial charge in [-0.15, -0.1) is 0 Å². The minimum atomic E-state index is 0.675. The highest BCUT2D eigenvalue weighted by Crippen LogP contribution is 2.27. The fourth-order valence-corrected chi connectivity index (χ4v) is 1.81. The molecule has 0 bridgehead atoms. The van der Waals surface area contributed by atoms with E-state index in [-0.39, 0.29) is 0 Å². The lowest BCUT2D eigenvalue weighted by Gasteiger charge is -2.04. The predicted octanol–water partition coefficient (Wildman–Crippen LogP) is 3.21. The van der Waals surface area contributed by atoms with Crippen LogP contribution in [0.1, 0.15) is 11.3 Å². The van der Waals surface area contributed by atoms with E-state index >= 15 is 0 Å². The first-order chi connectivity index (χ1) is 7.77. The molecule has 2 rings (SSSR count). The van der Waals surface area contributed by atoms with E-state index in [0.29, 0.717) is 5.69 Å². The monoisotopic (exact) mass is 208 g/mol. The standard InChI is InChI=1S/C14H12N2/c1-3-11-6-4-5-7-12(11)13-8-9-16(2)14(13)10-15/h3-9H,1H2,2H3. The number of benzene rings is 1. The summed E-state index contributed by atoms with van der Waals surface area (Å²) < 4.78 is 1.83. The van der Waals surface area contributed by atoms with Gasteiger partial charge in [0.2, 0.25) is 0 Å². The van der Waals surface area contributed by atoms with Crippen molar-refractivity contribution < 1.29 is 0 Å². The molecule has 2 aromatic rings. The third-order valence-corrected chi connectivity index (χ3v) is 2.65. The van der Waals surface area contributed by atoms with Crippen LogP contribution in [0, 0.1) is 11.3 Å². The van der Waals surface area contributed by atoms with Crippen molar-refractivity contribution in [3.8, 4) is 17.2 Å². The van der Waals surface area contributed by atoms with Crippen LogP contribution in [0.3, 0.4) is 0 Å². The molecule has 0 fully saturated rings. The van der Waals surface area contributed by atoms with Gasteiger partial charge >= 0.3 is 0 Å². The Kier molecular flexibility index (Phi) is 2.61. The van der Waals surface area contributed by atoms with Gasteiger partial charge in [0, 0.05) is 18.8 Å². The molecule has 0 N–H and O–H groups in total. The van der Waals surface area contributed by atoms with Gasteiger partial charge in [-0.05, 0) is 17.2 Å². The summed E-state index contributed by atoms with van der Waals surface area (Å²) in [5, 5.41) is 9.12. The van der Waals surface area contributed by atoms with Crippen LogP contribution in [0.4, 0.5) is 0 Å². The van der Waals surface area contributed by atoms with E-state index in [9.17, 15) is 0 Å². The van der Waals surface area contributed by atoms with Gasteiger partial charge in [-0.2, -0.15) is 5.26 Å². The third kappa shape index (κ3) is 1.53. The Bertz CT molecular complexity index is 571. The Labute approximate surface area is 95.1 Å². The highest BCUT2D eigenvalue weighted by atomic mass is 14.9. The zero-order valence-corrected chi connectivity index (χ0v) is 9.14. The maximum absolute atomic E-state index is 9.12. The second-order valence-electron chi connectivity index (χ2n) is 3.59. The molecule has 2 nitrogen and oxygen atoms in total. The number of aryl methyl sites for hydroxylation is 1. The van der Waals surface area contributed by atoms with E-state index in [2.05, 4.69) is 12.6 Å². The van der Waals surface area contributed by atoms with Crippen molar-refractivity contribution in [2.75, 3.05) is 0 Å². The normalized spacial score (nSPS) is 9.75. The highest BCUT2D eigenvalue weighted by Gasteiger charge is 2.10. The topological polar surface area (TPSA) is 28.7 Å². The molecular weight excluding hydrogens is 196 g/mol. The largest absolute Gasteiger partial charge is 0.342 e. The summed E-state index contributed by atoms with van der Waals surface area (Å²) in [5.41, 5.74) is 3.73. The van der Waals surface area contributed by atoms with Crippen LogP contribution in [0.25, 0.3) is 17.2 Å². The van der Waals surface area contributed by atoms with Crippen molar-refractivity contribution in [1.82, 2.24) is 4.57 Å². The zero-order chi connectivity index (χ0) is 11.5.